The molecule has 0 radical (unpaired) electrons. The van der Waals surface area contributed by atoms with Crippen LogP contribution in [0.2, 0.25) is 0 Å². The Morgan fingerprint density at radius 2 is 2.03 bits per heavy atom. The maximum atomic E-state index is 12.2. The first-order valence-electron chi connectivity index (χ1n) is 9.72. The highest BCUT2D eigenvalue weighted by Gasteiger charge is 2.28. The van der Waals surface area contributed by atoms with Gasteiger partial charge in [0.2, 0.25) is 5.88 Å². The van der Waals surface area contributed by atoms with Gasteiger partial charge in [0.15, 0.2) is 6.61 Å². The van der Waals surface area contributed by atoms with Gasteiger partial charge in [-0.3, -0.25) is 4.79 Å². The Morgan fingerprint density at radius 1 is 1.38 bits per heavy atom. The van der Waals surface area contributed by atoms with Crippen molar-refractivity contribution in [1.29, 1.82) is 5.26 Å². The van der Waals surface area contributed by atoms with Gasteiger partial charge in [0.05, 0.1) is 12.3 Å². The van der Waals surface area contributed by atoms with Crippen LogP contribution >= 0.6 is 15.9 Å². The second-order valence-electron chi connectivity index (χ2n) is 8.36. The third-order valence-corrected chi connectivity index (χ3v) is 6.29. The Morgan fingerprint density at radius 3 is 2.59 bits per heavy atom. The Labute approximate surface area is 181 Å². The van der Waals surface area contributed by atoms with Crippen LogP contribution in [0.5, 0.6) is 5.88 Å². The number of aryl methyl sites for hydroxylation is 1. The van der Waals surface area contributed by atoms with E-state index in [0.29, 0.717) is 27.1 Å². The largest absolute Gasteiger partial charge is 0.467 e. The van der Waals surface area contributed by atoms with Gasteiger partial charge in [-0.25, -0.2) is 10.4 Å². The molecule has 1 N–H and O–H groups in total. The predicted molar refractivity (Wildman–Crippen MR) is 115 cm³/mol. The van der Waals surface area contributed by atoms with E-state index in [4.69, 9.17) is 9.47 Å². The van der Waals surface area contributed by atoms with Crippen LogP contribution in [-0.2, 0) is 16.1 Å². The number of nitrogens with one attached hydrogen (secondary N) is 1. The van der Waals surface area contributed by atoms with Crippen LogP contribution < -0.4 is 10.2 Å². The third-order valence-electron chi connectivity index (χ3n) is 5.23. The van der Waals surface area contributed by atoms with Crippen molar-refractivity contribution < 1.29 is 14.3 Å². The van der Waals surface area contributed by atoms with E-state index in [1.165, 1.54) is 0 Å². The van der Waals surface area contributed by atoms with Gasteiger partial charge < -0.3 is 9.47 Å². The quantitative estimate of drug-likeness (QED) is 0.634. The van der Waals surface area contributed by atoms with Gasteiger partial charge in [-0.15, -0.1) is 0 Å². The molecule has 0 spiro atoms. The summed E-state index contributed by atoms with van der Waals surface area (Å²) < 4.78 is 11.4. The highest BCUT2D eigenvalue weighted by molar-refractivity contribution is 9.10. The first-order valence-corrected chi connectivity index (χ1v) is 10.5. The number of pyridine rings is 1. The molecule has 7 nitrogen and oxygen atoms in total. The first kappa shape index (κ1) is 23.3. The molecular formula is C21H29BrN4O3. The number of carbonyl (C=O) groups is 1. The Kier molecular flexibility index (Phi) is 8.17. The molecule has 29 heavy (non-hydrogen) atoms. The normalized spacial score (nSPS) is 16.9. The molecule has 2 rings (SSSR count). The fourth-order valence-electron chi connectivity index (χ4n) is 3.45. The molecule has 1 aliphatic carbocycles. The van der Waals surface area contributed by atoms with Gasteiger partial charge in [-0.1, -0.05) is 20.8 Å². The summed E-state index contributed by atoms with van der Waals surface area (Å²) in [4.78, 5) is 16.4. The number of halogens is 1. The molecular weight excluding hydrogens is 436 g/mol. The molecule has 0 aromatic carbocycles. The minimum absolute atomic E-state index is 0.119. The lowest BCUT2D eigenvalue weighted by Crippen LogP contribution is -2.29. The van der Waals surface area contributed by atoms with Gasteiger partial charge in [-0.05, 0) is 59.9 Å². The van der Waals surface area contributed by atoms with Crippen molar-refractivity contribution in [3.05, 3.63) is 21.3 Å². The van der Waals surface area contributed by atoms with E-state index < -0.39 is 0 Å². The molecule has 8 heteroatoms. The number of aromatic nitrogens is 1. The van der Waals surface area contributed by atoms with Crippen LogP contribution in [0, 0.1) is 29.6 Å². The molecule has 1 aliphatic rings. The maximum Gasteiger partial charge on any atom is 0.278 e. The molecule has 1 fully saturated rings. The van der Waals surface area contributed by atoms with Crippen LogP contribution in [-0.4, -0.2) is 30.3 Å². The fourth-order valence-corrected chi connectivity index (χ4v) is 3.85. The van der Waals surface area contributed by atoms with E-state index in [0.717, 1.165) is 31.4 Å². The van der Waals surface area contributed by atoms with Crippen molar-refractivity contribution in [3.8, 4) is 11.9 Å². The fraction of sp³-hybridized carbons (Fsp3) is 0.619. The number of ether oxygens (including phenoxy) is 2. The summed E-state index contributed by atoms with van der Waals surface area (Å²) in [5, 5.41) is 13.7. The SMILES string of the molecule is COCc1c(Br)c(C)nc(OCC(=O)NN=C2CCC(C(C)(C)C)CC2)c1C#N. The highest BCUT2D eigenvalue weighted by atomic mass is 79.9. The number of hydrogen-bond acceptors (Lipinski definition) is 6. The molecule has 0 bridgehead atoms. The standard InChI is InChI=1S/C21H29BrN4O3/c1-13-19(22)17(11-28-5)16(10-23)20(24-13)29-12-18(27)26-25-15-8-6-14(7-9-15)21(2,3)4/h14H,6-9,11-12H2,1-5H3,(H,26,27). The zero-order valence-electron chi connectivity index (χ0n) is 17.8. The third kappa shape index (κ3) is 6.25. The zero-order chi connectivity index (χ0) is 21.6. The van der Waals surface area contributed by atoms with Crippen molar-refractivity contribution in [2.75, 3.05) is 13.7 Å². The van der Waals surface area contributed by atoms with Crippen LogP contribution in [0.15, 0.2) is 9.57 Å². The molecule has 0 unspecified atom stereocenters. The Balaban J connectivity index is 1.96. The molecule has 0 aliphatic heterocycles. The number of hydrogen-bond donors (Lipinski definition) is 1. The van der Waals surface area contributed by atoms with Gasteiger partial charge in [0.1, 0.15) is 11.6 Å². The lowest BCUT2D eigenvalue weighted by molar-refractivity contribution is -0.123. The number of methoxy groups -OCH3 is 1. The van der Waals surface area contributed by atoms with E-state index in [1.54, 1.807) is 14.0 Å². The monoisotopic (exact) mass is 464 g/mol. The Bertz CT molecular complexity index is 815. The average molecular weight is 465 g/mol. The van der Waals surface area contributed by atoms with Crippen molar-refractivity contribution in [2.24, 2.45) is 16.4 Å². The summed E-state index contributed by atoms with van der Waals surface area (Å²) in [5.41, 5.74) is 5.43. The first-order chi connectivity index (χ1) is 13.7. The topological polar surface area (TPSA) is 96.6 Å². The second kappa shape index (κ2) is 10.2. The van der Waals surface area contributed by atoms with Crippen LogP contribution in [0.1, 0.15) is 63.3 Å². The van der Waals surface area contributed by atoms with Crippen LogP contribution in [0.3, 0.4) is 0 Å². The van der Waals surface area contributed by atoms with E-state index >= 15 is 0 Å². The number of rotatable bonds is 6. The molecule has 0 atom stereocenters. The molecule has 1 aromatic heterocycles. The zero-order valence-corrected chi connectivity index (χ0v) is 19.4. The molecule has 1 aromatic rings. The number of carbonyl (C=O) groups excluding carboxylic acids is 1. The molecule has 1 saturated carbocycles. The summed E-state index contributed by atoms with van der Waals surface area (Å²) in [6.07, 6.45) is 3.97. The summed E-state index contributed by atoms with van der Waals surface area (Å²) in [5.74, 6) is 0.418. The van der Waals surface area contributed by atoms with Crippen LogP contribution in [0.25, 0.3) is 0 Å². The number of amides is 1. The van der Waals surface area contributed by atoms with Gasteiger partial charge in [0.25, 0.3) is 5.91 Å². The van der Waals surface area contributed by atoms with Crippen molar-refractivity contribution in [3.63, 3.8) is 0 Å². The van der Waals surface area contributed by atoms with Crippen molar-refractivity contribution in [2.45, 2.75) is 60.0 Å². The maximum absolute atomic E-state index is 12.2. The second-order valence-corrected chi connectivity index (χ2v) is 9.15. The van der Waals surface area contributed by atoms with Crippen LogP contribution in [0.4, 0.5) is 0 Å². The summed E-state index contributed by atoms with van der Waals surface area (Å²) in [6.45, 7) is 8.56. The van der Waals surface area contributed by atoms with E-state index in [2.05, 4.69) is 58.3 Å². The number of hydrazone groups is 1. The van der Waals surface area contributed by atoms with E-state index in [9.17, 15) is 10.1 Å². The average Bonchev–Trinajstić information content (AvgIpc) is 2.68. The van der Waals surface area contributed by atoms with Gasteiger partial charge in [0, 0.05) is 22.9 Å². The molecule has 158 valence electrons. The minimum Gasteiger partial charge on any atom is -0.467 e. The minimum atomic E-state index is -0.380. The van der Waals surface area contributed by atoms with Gasteiger partial charge in [-0.2, -0.15) is 10.4 Å². The van der Waals surface area contributed by atoms with Gasteiger partial charge >= 0.3 is 0 Å². The Hall–Kier alpha value is -1.98. The van der Waals surface area contributed by atoms with E-state index in [1.807, 2.05) is 0 Å². The summed E-state index contributed by atoms with van der Waals surface area (Å²) >= 11 is 3.43. The van der Waals surface area contributed by atoms with Crippen molar-refractivity contribution in [1.82, 2.24) is 10.4 Å². The smallest absolute Gasteiger partial charge is 0.278 e. The number of nitrogens with zero attached hydrogens (tertiary/aromatic N) is 3. The lowest BCUT2D eigenvalue weighted by atomic mass is 9.72. The lowest BCUT2D eigenvalue weighted by Gasteiger charge is -2.34. The predicted octanol–water partition coefficient (Wildman–Crippen LogP) is 4.26. The summed E-state index contributed by atoms with van der Waals surface area (Å²) in [7, 11) is 1.55. The highest BCUT2D eigenvalue weighted by Crippen LogP contribution is 2.36. The molecule has 1 heterocycles. The summed E-state index contributed by atoms with van der Waals surface area (Å²) in [6, 6.07) is 2.08. The molecule has 1 amide bonds. The van der Waals surface area contributed by atoms with Crippen molar-refractivity contribution >= 4 is 27.5 Å². The molecule has 0 saturated heterocycles. The number of nitriles is 1. The van der Waals surface area contributed by atoms with E-state index in [-0.39, 0.29) is 30.6 Å².